The molecule has 3 amide bonds. The van der Waals surface area contributed by atoms with Crippen molar-refractivity contribution in [3.8, 4) is 0 Å². The van der Waals surface area contributed by atoms with Crippen molar-refractivity contribution in [1.82, 2.24) is 4.90 Å². The zero-order chi connectivity index (χ0) is 20.8. The van der Waals surface area contributed by atoms with Crippen LogP contribution in [0.4, 0.5) is 15.5 Å². The van der Waals surface area contributed by atoms with Crippen LogP contribution in [0.15, 0.2) is 24.3 Å². The summed E-state index contributed by atoms with van der Waals surface area (Å²) in [7, 11) is 1.25. The first-order valence-electron chi connectivity index (χ1n) is 8.66. The van der Waals surface area contributed by atoms with Crippen LogP contribution in [-0.2, 0) is 4.74 Å². The molecule has 0 aliphatic carbocycles. The van der Waals surface area contributed by atoms with Crippen LogP contribution < -0.4 is 10.6 Å². The quantitative estimate of drug-likeness (QED) is 0.663. The number of anilines is 2. The number of esters is 1. The number of hydrogen-bond acceptors (Lipinski definition) is 5. The summed E-state index contributed by atoms with van der Waals surface area (Å²) in [5.41, 5.74) is 1.19. The summed E-state index contributed by atoms with van der Waals surface area (Å²) in [4.78, 5) is 39.4. The molecule has 28 heavy (non-hydrogen) atoms. The third kappa shape index (κ3) is 4.82. The van der Waals surface area contributed by atoms with Gasteiger partial charge < -0.3 is 15.0 Å². The molecule has 2 N–H and O–H groups in total. The van der Waals surface area contributed by atoms with Gasteiger partial charge in [0.2, 0.25) is 0 Å². The summed E-state index contributed by atoms with van der Waals surface area (Å²) in [5, 5.41) is 6.10. The third-order valence-electron chi connectivity index (χ3n) is 4.11. The molecule has 2 aromatic rings. The average molecular weight is 424 g/mol. The number of amides is 3. The summed E-state index contributed by atoms with van der Waals surface area (Å²) in [6, 6.07) is 6.05. The average Bonchev–Trinajstić information content (AvgIpc) is 2.99. The number of benzene rings is 1. The molecular formula is C19H22ClN3O4S. The fraction of sp³-hybridized carbons (Fsp3) is 0.316. The standard InChI is InChI=1S/C19H22ClN3O4S/c1-5-23(6-2)17(24)15-11(3)14(18(25)27-4)16(28-15)22-19(26)21-13-9-7-12(20)8-10-13/h7-10H,5-6H2,1-4H3,(H2,21,22,26). The lowest BCUT2D eigenvalue weighted by molar-refractivity contribution is 0.0601. The molecule has 0 radical (unpaired) electrons. The molecule has 0 unspecified atom stereocenters. The Bertz CT molecular complexity index is 876. The highest BCUT2D eigenvalue weighted by Gasteiger charge is 2.28. The fourth-order valence-electron chi connectivity index (χ4n) is 2.61. The second-order valence-electron chi connectivity index (χ2n) is 5.82. The smallest absolute Gasteiger partial charge is 0.341 e. The predicted octanol–water partition coefficient (Wildman–Crippen LogP) is 4.62. The highest BCUT2D eigenvalue weighted by atomic mass is 35.5. The van der Waals surface area contributed by atoms with E-state index in [0.29, 0.717) is 34.2 Å². The number of carbonyl (C=O) groups is 3. The van der Waals surface area contributed by atoms with Crippen LogP contribution in [0.25, 0.3) is 0 Å². The van der Waals surface area contributed by atoms with Gasteiger partial charge >= 0.3 is 12.0 Å². The molecule has 0 spiro atoms. The molecule has 150 valence electrons. The summed E-state index contributed by atoms with van der Waals surface area (Å²) in [6.07, 6.45) is 0. The molecular weight excluding hydrogens is 402 g/mol. The number of rotatable bonds is 6. The molecule has 0 bridgehead atoms. The summed E-state index contributed by atoms with van der Waals surface area (Å²) >= 11 is 6.89. The Kier molecular flexibility index (Phi) is 7.42. The lowest BCUT2D eigenvalue weighted by Crippen LogP contribution is -2.30. The van der Waals surface area contributed by atoms with Crippen LogP contribution in [0.1, 0.15) is 39.4 Å². The second-order valence-corrected chi connectivity index (χ2v) is 7.27. The van der Waals surface area contributed by atoms with Crippen LogP contribution >= 0.6 is 22.9 Å². The number of nitrogens with zero attached hydrogens (tertiary/aromatic N) is 1. The Morgan fingerprint density at radius 2 is 1.71 bits per heavy atom. The number of carbonyl (C=O) groups excluding carboxylic acids is 3. The lowest BCUT2D eigenvalue weighted by Gasteiger charge is -2.17. The molecule has 7 nitrogen and oxygen atoms in total. The van der Waals surface area contributed by atoms with E-state index in [2.05, 4.69) is 10.6 Å². The van der Waals surface area contributed by atoms with Crippen molar-refractivity contribution in [2.75, 3.05) is 30.8 Å². The molecule has 1 heterocycles. The minimum absolute atomic E-state index is 0.175. The largest absolute Gasteiger partial charge is 0.465 e. The Labute approximate surface area is 172 Å². The Morgan fingerprint density at radius 3 is 2.25 bits per heavy atom. The van der Waals surface area contributed by atoms with Crippen molar-refractivity contribution in [2.45, 2.75) is 20.8 Å². The first-order valence-corrected chi connectivity index (χ1v) is 9.86. The van der Waals surface area contributed by atoms with E-state index in [1.807, 2.05) is 13.8 Å². The van der Waals surface area contributed by atoms with Gasteiger partial charge in [0.1, 0.15) is 5.00 Å². The van der Waals surface area contributed by atoms with Gasteiger partial charge in [0.15, 0.2) is 0 Å². The number of methoxy groups -OCH3 is 1. The Balaban J connectivity index is 2.32. The van der Waals surface area contributed by atoms with Crippen LogP contribution in [-0.4, -0.2) is 43.0 Å². The molecule has 0 saturated heterocycles. The Hall–Kier alpha value is -2.58. The molecule has 0 saturated carbocycles. The highest BCUT2D eigenvalue weighted by Crippen LogP contribution is 2.34. The SMILES string of the molecule is CCN(CC)C(=O)c1sc(NC(=O)Nc2ccc(Cl)cc2)c(C(=O)OC)c1C. The maximum absolute atomic E-state index is 12.8. The maximum Gasteiger partial charge on any atom is 0.341 e. The van der Waals surface area contributed by atoms with Crippen LogP contribution in [0.2, 0.25) is 5.02 Å². The van der Waals surface area contributed by atoms with E-state index in [0.717, 1.165) is 11.3 Å². The van der Waals surface area contributed by atoms with Gasteiger partial charge in [-0.05, 0) is 50.6 Å². The minimum atomic E-state index is -0.617. The van der Waals surface area contributed by atoms with Gasteiger partial charge in [-0.3, -0.25) is 10.1 Å². The van der Waals surface area contributed by atoms with Gasteiger partial charge in [0.25, 0.3) is 5.91 Å². The lowest BCUT2D eigenvalue weighted by atomic mass is 10.1. The molecule has 2 rings (SSSR count). The van der Waals surface area contributed by atoms with Gasteiger partial charge in [-0.15, -0.1) is 11.3 Å². The first kappa shape index (κ1) is 21.7. The number of thiophene rings is 1. The molecule has 0 aliphatic heterocycles. The van der Waals surface area contributed by atoms with Crippen molar-refractivity contribution >= 4 is 51.5 Å². The number of halogens is 1. The summed E-state index contributed by atoms with van der Waals surface area (Å²) < 4.78 is 4.83. The molecule has 0 atom stereocenters. The van der Waals surface area contributed by atoms with Crippen molar-refractivity contribution in [3.05, 3.63) is 45.3 Å². The van der Waals surface area contributed by atoms with E-state index in [9.17, 15) is 14.4 Å². The first-order chi connectivity index (χ1) is 13.3. The zero-order valence-corrected chi connectivity index (χ0v) is 17.7. The summed E-state index contributed by atoms with van der Waals surface area (Å²) in [6.45, 7) is 6.51. The highest BCUT2D eigenvalue weighted by molar-refractivity contribution is 7.18. The van der Waals surface area contributed by atoms with Crippen LogP contribution in [0.5, 0.6) is 0 Å². The van der Waals surface area contributed by atoms with E-state index in [1.165, 1.54) is 7.11 Å². The molecule has 0 aliphatic rings. The van der Waals surface area contributed by atoms with E-state index in [-0.39, 0.29) is 16.5 Å². The molecule has 0 fully saturated rings. The van der Waals surface area contributed by atoms with Crippen molar-refractivity contribution in [1.29, 1.82) is 0 Å². The number of urea groups is 1. The van der Waals surface area contributed by atoms with Gasteiger partial charge in [0, 0.05) is 23.8 Å². The van der Waals surface area contributed by atoms with Gasteiger partial charge in [0.05, 0.1) is 17.6 Å². The van der Waals surface area contributed by atoms with E-state index in [4.69, 9.17) is 16.3 Å². The van der Waals surface area contributed by atoms with Gasteiger partial charge in [-0.2, -0.15) is 0 Å². The minimum Gasteiger partial charge on any atom is -0.465 e. The van der Waals surface area contributed by atoms with E-state index in [1.54, 1.807) is 36.1 Å². The molecule has 1 aromatic carbocycles. The van der Waals surface area contributed by atoms with Crippen molar-refractivity contribution < 1.29 is 19.1 Å². The summed E-state index contributed by atoms with van der Waals surface area (Å²) in [5.74, 6) is -0.807. The fourth-order valence-corrected chi connectivity index (χ4v) is 3.89. The molecule has 9 heteroatoms. The normalized spacial score (nSPS) is 10.3. The van der Waals surface area contributed by atoms with Crippen LogP contribution in [0.3, 0.4) is 0 Å². The van der Waals surface area contributed by atoms with E-state index >= 15 is 0 Å². The van der Waals surface area contributed by atoms with Gasteiger partial charge in [-0.25, -0.2) is 9.59 Å². The zero-order valence-electron chi connectivity index (χ0n) is 16.1. The van der Waals surface area contributed by atoms with E-state index < -0.39 is 12.0 Å². The van der Waals surface area contributed by atoms with Crippen molar-refractivity contribution in [2.24, 2.45) is 0 Å². The third-order valence-corrected chi connectivity index (χ3v) is 5.56. The van der Waals surface area contributed by atoms with Gasteiger partial charge in [-0.1, -0.05) is 11.6 Å². The monoisotopic (exact) mass is 423 g/mol. The van der Waals surface area contributed by atoms with Crippen molar-refractivity contribution in [3.63, 3.8) is 0 Å². The number of hydrogen-bond donors (Lipinski definition) is 2. The second kappa shape index (κ2) is 9.57. The maximum atomic E-state index is 12.8. The van der Waals surface area contributed by atoms with Crippen LogP contribution in [0, 0.1) is 6.92 Å². The Morgan fingerprint density at radius 1 is 1.11 bits per heavy atom. The predicted molar refractivity (Wildman–Crippen MR) is 112 cm³/mol. The number of ether oxygens (including phenoxy) is 1. The molecule has 1 aromatic heterocycles. The topological polar surface area (TPSA) is 87.7 Å². The number of nitrogens with one attached hydrogen (secondary N) is 2.